The summed E-state index contributed by atoms with van der Waals surface area (Å²) >= 11 is 0. The Kier molecular flexibility index (Phi) is 5.17. The number of hydrogen-bond donors (Lipinski definition) is 0. The van der Waals surface area contributed by atoms with Crippen LogP contribution in [0.2, 0.25) is 0 Å². The average molecular weight is 294 g/mol. The summed E-state index contributed by atoms with van der Waals surface area (Å²) in [5.74, 6) is 0.309. The molecule has 5 heteroatoms. The Labute approximate surface area is 125 Å². The molecule has 1 aliphatic heterocycles. The molecule has 0 saturated carbocycles. The average Bonchev–Trinajstić information content (AvgIpc) is 2.48. The number of halogens is 1. The van der Waals surface area contributed by atoms with E-state index in [1.807, 2.05) is 0 Å². The van der Waals surface area contributed by atoms with E-state index >= 15 is 0 Å². The SMILES string of the molecule is COc1ccc(F)cc1C(=O)N(C)CC1CCN(C)CC1. The third-order valence-corrected chi connectivity index (χ3v) is 4.11. The van der Waals surface area contributed by atoms with Crippen LogP contribution in [0.3, 0.4) is 0 Å². The second-order valence-electron chi connectivity index (χ2n) is 5.78. The molecule has 1 aliphatic rings. The van der Waals surface area contributed by atoms with Crippen molar-refractivity contribution in [2.45, 2.75) is 12.8 Å². The lowest BCUT2D eigenvalue weighted by molar-refractivity contribution is 0.0743. The van der Waals surface area contributed by atoms with E-state index in [0.29, 0.717) is 18.2 Å². The largest absolute Gasteiger partial charge is 0.496 e. The van der Waals surface area contributed by atoms with Crippen molar-refractivity contribution in [2.24, 2.45) is 5.92 Å². The lowest BCUT2D eigenvalue weighted by Crippen LogP contribution is -2.38. The summed E-state index contributed by atoms with van der Waals surface area (Å²) in [5, 5.41) is 0. The topological polar surface area (TPSA) is 32.8 Å². The Balaban J connectivity index is 2.03. The van der Waals surface area contributed by atoms with E-state index in [1.165, 1.54) is 25.3 Å². The summed E-state index contributed by atoms with van der Waals surface area (Å²) in [6.45, 7) is 2.83. The van der Waals surface area contributed by atoms with Crippen LogP contribution in [0.1, 0.15) is 23.2 Å². The Hall–Kier alpha value is -1.62. The van der Waals surface area contributed by atoms with E-state index < -0.39 is 5.82 Å². The second kappa shape index (κ2) is 6.89. The van der Waals surface area contributed by atoms with Crippen molar-refractivity contribution in [3.8, 4) is 5.75 Å². The molecule has 0 unspecified atom stereocenters. The molecule has 1 amide bonds. The molecule has 0 aromatic heterocycles. The summed E-state index contributed by atoms with van der Waals surface area (Å²) in [5.41, 5.74) is 0.285. The second-order valence-corrected chi connectivity index (χ2v) is 5.78. The summed E-state index contributed by atoms with van der Waals surface area (Å²) in [6.07, 6.45) is 2.18. The van der Waals surface area contributed by atoms with Gasteiger partial charge in [0.05, 0.1) is 12.7 Å². The van der Waals surface area contributed by atoms with Crippen molar-refractivity contribution < 1.29 is 13.9 Å². The number of methoxy groups -OCH3 is 1. The lowest BCUT2D eigenvalue weighted by Gasteiger charge is -2.31. The normalized spacial score (nSPS) is 16.8. The quantitative estimate of drug-likeness (QED) is 0.854. The predicted molar refractivity (Wildman–Crippen MR) is 80.1 cm³/mol. The molecule has 0 N–H and O–H groups in total. The first-order valence-electron chi connectivity index (χ1n) is 7.28. The third kappa shape index (κ3) is 3.94. The molecule has 1 aromatic rings. The number of nitrogens with zero attached hydrogens (tertiary/aromatic N) is 2. The van der Waals surface area contributed by atoms with E-state index in [2.05, 4.69) is 11.9 Å². The van der Waals surface area contributed by atoms with Crippen LogP contribution in [-0.4, -0.2) is 56.5 Å². The van der Waals surface area contributed by atoms with Crippen LogP contribution in [0.15, 0.2) is 18.2 Å². The molecule has 0 spiro atoms. The van der Waals surface area contributed by atoms with Gasteiger partial charge in [0.1, 0.15) is 11.6 Å². The van der Waals surface area contributed by atoms with Gasteiger partial charge in [0.25, 0.3) is 5.91 Å². The molecule has 1 saturated heterocycles. The fraction of sp³-hybridized carbons (Fsp3) is 0.562. The van der Waals surface area contributed by atoms with Crippen LogP contribution >= 0.6 is 0 Å². The predicted octanol–water partition coefficient (Wildman–Crippen LogP) is 2.25. The molecule has 0 aliphatic carbocycles. The highest BCUT2D eigenvalue weighted by molar-refractivity contribution is 5.96. The van der Waals surface area contributed by atoms with Crippen molar-refractivity contribution in [3.05, 3.63) is 29.6 Å². The molecule has 0 bridgehead atoms. The van der Waals surface area contributed by atoms with E-state index in [4.69, 9.17) is 4.74 Å². The Bertz CT molecular complexity index is 499. The standard InChI is InChI=1S/C16H23FN2O2/c1-18-8-6-12(7-9-18)11-19(2)16(20)14-10-13(17)4-5-15(14)21-3/h4-5,10,12H,6-9,11H2,1-3H3. The zero-order valence-electron chi connectivity index (χ0n) is 12.9. The number of benzene rings is 1. The van der Waals surface area contributed by atoms with Crippen molar-refractivity contribution in [1.29, 1.82) is 0 Å². The van der Waals surface area contributed by atoms with Crippen LogP contribution in [-0.2, 0) is 0 Å². The molecule has 116 valence electrons. The number of amides is 1. The molecule has 2 rings (SSSR count). The molecule has 1 heterocycles. The van der Waals surface area contributed by atoms with Crippen LogP contribution in [0, 0.1) is 11.7 Å². The van der Waals surface area contributed by atoms with E-state index in [-0.39, 0.29) is 11.5 Å². The van der Waals surface area contributed by atoms with Crippen LogP contribution in [0.5, 0.6) is 5.75 Å². The minimum Gasteiger partial charge on any atom is -0.496 e. The number of carbonyl (C=O) groups excluding carboxylic acids is 1. The number of hydrogen-bond acceptors (Lipinski definition) is 3. The van der Waals surface area contributed by atoms with Gasteiger partial charge in [0.2, 0.25) is 0 Å². The maximum atomic E-state index is 13.4. The first-order chi connectivity index (χ1) is 10.0. The monoisotopic (exact) mass is 294 g/mol. The minimum absolute atomic E-state index is 0.190. The summed E-state index contributed by atoms with van der Waals surface area (Å²) in [4.78, 5) is 16.5. The number of rotatable bonds is 4. The highest BCUT2D eigenvalue weighted by Gasteiger charge is 2.23. The van der Waals surface area contributed by atoms with Gasteiger partial charge < -0.3 is 14.5 Å². The first-order valence-corrected chi connectivity index (χ1v) is 7.28. The fourth-order valence-corrected chi connectivity index (χ4v) is 2.77. The van der Waals surface area contributed by atoms with E-state index in [9.17, 15) is 9.18 Å². The van der Waals surface area contributed by atoms with Gasteiger partial charge in [-0.15, -0.1) is 0 Å². The smallest absolute Gasteiger partial charge is 0.257 e. The number of ether oxygens (including phenoxy) is 1. The lowest BCUT2D eigenvalue weighted by atomic mass is 9.96. The van der Waals surface area contributed by atoms with Crippen molar-refractivity contribution in [1.82, 2.24) is 9.80 Å². The van der Waals surface area contributed by atoms with Crippen LogP contribution in [0.25, 0.3) is 0 Å². The Morgan fingerprint density at radius 3 is 2.71 bits per heavy atom. The Morgan fingerprint density at radius 2 is 2.10 bits per heavy atom. The first kappa shape index (κ1) is 15.8. The maximum absolute atomic E-state index is 13.4. The third-order valence-electron chi connectivity index (χ3n) is 4.11. The van der Waals surface area contributed by atoms with Crippen molar-refractivity contribution >= 4 is 5.91 Å². The Morgan fingerprint density at radius 1 is 1.43 bits per heavy atom. The highest BCUT2D eigenvalue weighted by atomic mass is 19.1. The molecular formula is C16H23FN2O2. The molecule has 1 aromatic carbocycles. The molecule has 0 radical (unpaired) electrons. The van der Waals surface area contributed by atoms with Gasteiger partial charge in [0, 0.05) is 13.6 Å². The van der Waals surface area contributed by atoms with Gasteiger partial charge in [-0.05, 0) is 57.1 Å². The van der Waals surface area contributed by atoms with Gasteiger partial charge in [-0.1, -0.05) is 0 Å². The summed E-state index contributed by atoms with van der Waals surface area (Å²) < 4.78 is 18.5. The fourth-order valence-electron chi connectivity index (χ4n) is 2.77. The van der Waals surface area contributed by atoms with Crippen molar-refractivity contribution in [3.63, 3.8) is 0 Å². The summed E-state index contributed by atoms with van der Waals surface area (Å²) in [6, 6.07) is 4.03. The minimum atomic E-state index is -0.424. The number of likely N-dealkylation sites (tertiary alicyclic amines) is 1. The summed E-state index contributed by atoms with van der Waals surface area (Å²) in [7, 11) is 5.37. The molecule has 0 atom stereocenters. The van der Waals surface area contributed by atoms with Gasteiger partial charge in [-0.2, -0.15) is 0 Å². The van der Waals surface area contributed by atoms with E-state index in [1.54, 1.807) is 11.9 Å². The van der Waals surface area contributed by atoms with Crippen LogP contribution < -0.4 is 4.74 Å². The zero-order chi connectivity index (χ0) is 15.4. The molecule has 4 nitrogen and oxygen atoms in total. The molecule has 21 heavy (non-hydrogen) atoms. The number of piperidine rings is 1. The number of carbonyl (C=O) groups is 1. The van der Waals surface area contributed by atoms with Crippen molar-refractivity contribution in [2.75, 3.05) is 40.8 Å². The van der Waals surface area contributed by atoms with Gasteiger partial charge in [-0.25, -0.2) is 4.39 Å². The zero-order valence-corrected chi connectivity index (χ0v) is 12.9. The van der Waals surface area contributed by atoms with E-state index in [0.717, 1.165) is 25.9 Å². The van der Waals surface area contributed by atoms with Gasteiger partial charge in [0.15, 0.2) is 0 Å². The maximum Gasteiger partial charge on any atom is 0.257 e. The van der Waals surface area contributed by atoms with Gasteiger partial charge in [-0.3, -0.25) is 4.79 Å². The highest BCUT2D eigenvalue weighted by Crippen LogP contribution is 2.22. The van der Waals surface area contributed by atoms with Crippen LogP contribution in [0.4, 0.5) is 4.39 Å². The molecule has 1 fully saturated rings. The molecular weight excluding hydrogens is 271 g/mol. The van der Waals surface area contributed by atoms with Gasteiger partial charge >= 0.3 is 0 Å².